The van der Waals surface area contributed by atoms with Crippen molar-refractivity contribution in [2.45, 2.75) is 191 Å². The average Bonchev–Trinajstić information content (AvgIpc) is 1.75. The van der Waals surface area contributed by atoms with Gasteiger partial charge >= 0.3 is 0 Å². The third kappa shape index (κ3) is 22.8. The number of para-hydroxylation sites is 4. The smallest absolute Gasteiger partial charge is 0.170 e. The fourth-order valence-electron chi connectivity index (χ4n) is 10.4. The van der Waals surface area contributed by atoms with Crippen molar-refractivity contribution < 1.29 is 0 Å². The van der Waals surface area contributed by atoms with Crippen molar-refractivity contribution in [1.82, 2.24) is 83.6 Å². The van der Waals surface area contributed by atoms with E-state index < -0.39 is 0 Å². The highest BCUT2D eigenvalue weighted by atomic mass is 32.1. The Hall–Kier alpha value is -9.97. The molecule has 0 aliphatic carbocycles. The maximum absolute atomic E-state index is 4.53. The molecule has 110 heavy (non-hydrogen) atoms. The van der Waals surface area contributed by atoms with Crippen LogP contribution in [0.25, 0.3) is 84.6 Å². The quantitative estimate of drug-likeness (QED) is 0.152. The van der Waals surface area contributed by atoms with Crippen LogP contribution < -0.4 is 0 Å². The molecule has 2 N–H and O–H groups in total. The molecular weight excluding hydrogens is 1460 g/mol. The van der Waals surface area contributed by atoms with Crippen LogP contribution in [-0.2, 0) is 10.8 Å². The number of nitrogens with one attached hydrogen (secondary N) is 2. The minimum Gasteiger partial charge on any atom is -0.342 e. The highest BCUT2D eigenvalue weighted by molar-refractivity contribution is 7.20. The average molecular weight is 1560 g/mol. The lowest BCUT2D eigenvalue weighted by atomic mass is 9.96. The number of rotatable bonds is 7. The van der Waals surface area contributed by atoms with E-state index in [9.17, 15) is 0 Å². The lowest BCUT2D eigenvalue weighted by Crippen LogP contribution is -2.12. The molecule has 0 aliphatic rings. The molecule has 0 aliphatic heterocycles. The number of thiazole rings is 5. The highest BCUT2D eigenvalue weighted by Gasteiger charge is 2.20. The standard InChI is InChI=1S/C11H14N2.C10H13N3.2C10H12N2.2C10H11NS.3C9H10N2S/c1-11(2,3)10-12-8-6-4-5-7-9(8)13-10;1-10(2,3)9-12-7-4-5-11-6-8(7)13-9;2*1-8(2)9-7-12-6-4-3-5-10(12)11-9;2*1-7(2)10-11-8-5-3-4-6-9(8)12-10;1-6(2)9-11-7-5-10-4-3-8(7)12-9;1-6(2)9-11-7-3-4-10-5-8(7)12-9;1-6(2)9-11-8-7(12-9)4-3-5-10-8/h4-7H,1-3H3,(H,12,13);4-6H,1-3H3,(H,12,13);2*3-8H,1-2H3;2*3-7H,1-2H3;3*3-6H,1-2H3. The Kier molecular flexibility index (Phi) is 28.6. The summed E-state index contributed by atoms with van der Waals surface area (Å²) in [6.45, 7) is 43.1. The summed E-state index contributed by atoms with van der Waals surface area (Å²) in [5.74, 6) is 5.69. The number of pyridine rings is 6. The van der Waals surface area contributed by atoms with Crippen molar-refractivity contribution in [3.63, 3.8) is 0 Å². The van der Waals surface area contributed by atoms with E-state index in [0.29, 0.717) is 41.4 Å². The second-order valence-corrected chi connectivity index (χ2v) is 35.9. The van der Waals surface area contributed by atoms with Crippen molar-refractivity contribution in [2.75, 3.05) is 0 Å². The van der Waals surface area contributed by atoms with Crippen LogP contribution in [0.4, 0.5) is 0 Å². The number of benzene rings is 3. The molecule has 15 aromatic heterocycles. The van der Waals surface area contributed by atoms with Crippen LogP contribution in [0.5, 0.6) is 0 Å². The number of aromatic nitrogens is 17. The summed E-state index contributed by atoms with van der Waals surface area (Å²) in [4.78, 5) is 63.3. The summed E-state index contributed by atoms with van der Waals surface area (Å²) in [6, 6.07) is 46.7. The summed E-state index contributed by atoms with van der Waals surface area (Å²) < 4.78 is 10.3. The molecule has 0 amide bonds. The minimum absolute atomic E-state index is 0.0685. The van der Waals surface area contributed by atoms with E-state index in [1.54, 1.807) is 81.5 Å². The van der Waals surface area contributed by atoms with E-state index in [1.807, 2.05) is 122 Å². The van der Waals surface area contributed by atoms with Gasteiger partial charge in [0.25, 0.3) is 0 Å². The van der Waals surface area contributed by atoms with Gasteiger partial charge in [0.05, 0.1) is 116 Å². The molecular formula is C88H103N17S5. The molecule has 3 aromatic carbocycles. The highest BCUT2D eigenvalue weighted by Crippen LogP contribution is 2.32. The predicted octanol–water partition coefficient (Wildman–Crippen LogP) is 25.3. The summed E-state index contributed by atoms with van der Waals surface area (Å²) in [5.41, 5.74) is 13.9. The Bertz CT molecular complexity index is 4690. The Morgan fingerprint density at radius 3 is 1.11 bits per heavy atom. The van der Waals surface area contributed by atoms with Gasteiger partial charge in [-0.15, -0.1) is 56.7 Å². The Labute approximate surface area is 666 Å². The van der Waals surface area contributed by atoms with Gasteiger partial charge < -0.3 is 18.8 Å². The molecule has 0 atom stereocenters. The second-order valence-electron chi connectivity index (χ2n) is 30.6. The van der Waals surface area contributed by atoms with E-state index >= 15 is 0 Å². The van der Waals surface area contributed by atoms with Crippen molar-refractivity contribution in [1.29, 1.82) is 0 Å². The van der Waals surface area contributed by atoms with E-state index in [-0.39, 0.29) is 10.8 Å². The molecule has 18 aromatic rings. The van der Waals surface area contributed by atoms with Crippen molar-refractivity contribution in [3.8, 4) is 0 Å². The van der Waals surface area contributed by atoms with Crippen molar-refractivity contribution >= 4 is 141 Å². The van der Waals surface area contributed by atoms with Gasteiger partial charge in [0.1, 0.15) is 22.9 Å². The molecule has 570 valence electrons. The molecule has 0 saturated carbocycles. The molecule has 0 fully saturated rings. The third-order valence-corrected chi connectivity index (χ3v) is 23.4. The third-order valence-electron chi connectivity index (χ3n) is 16.7. The number of imidazole rings is 4. The van der Waals surface area contributed by atoms with Gasteiger partial charge in [-0.3, -0.25) is 15.0 Å². The van der Waals surface area contributed by atoms with E-state index in [1.165, 1.54) is 48.5 Å². The first kappa shape index (κ1) is 82.5. The number of nitrogens with zero attached hydrogens (tertiary/aromatic N) is 15. The zero-order valence-electron chi connectivity index (χ0n) is 66.9. The van der Waals surface area contributed by atoms with E-state index in [2.05, 4.69) is 283 Å². The summed E-state index contributed by atoms with van der Waals surface area (Å²) in [6.07, 6.45) is 20.8. The van der Waals surface area contributed by atoms with E-state index in [4.69, 9.17) is 0 Å². The maximum Gasteiger partial charge on any atom is 0.170 e. The Morgan fingerprint density at radius 1 is 0.300 bits per heavy atom. The normalized spacial score (nSPS) is 11.5. The van der Waals surface area contributed by atoms with E-state index in [0.717, 1.165) is 84.1 Å². The topological polar surface area (TPSA) is 208 Å². The molecule has 0 bridgehead atoms. The van der Waals surface area contributed by atoms with Gasteiger partial charge in [0.15, 0.2) is 5.65 Å². The molecule has 0 radical (unpaired) electrons. The summed E-state index contributed by atoms with van der Waals surface area (Å²) in [5, 5.41) is 6.02. The lowest BCUT2D eigenvalue weighted by Gasteiger charge is -2.13. The second kappa shape index (κ2) is 38.1. The zero-order valence-corrected chi connectivity index (χ0v) is 71.0. The zero-order chi connectivity index (χ0) is 78.8. The first-order valence-electron chi connectivity index (χ1n) is 37.5. The molecule has 22 heteroatoms. The maximum atomic E-state index is 4.53. The van der Waals surface area contributed by atoms with Crippen LogP contribution in [0.1, 0.15) is 228 Å². The van der Waals surface area contributed by atoms with Gasteiger partial charge in [-0.05, 0) is 103 Å². The van der Waals surface area contributed by atoms with Crippen LogP contribution in [0.3, 0.4) is 0 Å². The van der Waals surface area contributed by atoms with Crippen LogP contribution in [0.15, 0.2) is 208 Å². The van der Waals surface area contributed by atoms with Gasteiger partial charge in [0.2, 0.25) is 0 Å². The van der Waals surface area contributed by atoms with Crippen LogP contribution in [0, 0.1) is 0 Å². The molecule has 17 nitrogen and oxygen atoms in total. The van der Waals surface area contributed by atoms with Crippen molar-refractivity contribution in [3.05, 3.63) is 256 Å². The SMILES string of the molecule is CC(C)(C)c1nc2ccccc2[nH]1.CC(C)(C)c1nc2ccncc2[nH]1.CC(C)c1cn2ccccc2n1.CC(C)c1cn2ccccc2n1.CC(C)c1nc2ccccc2s1.CC(C)c1nc2ccccc2s1.CC(C)c1nc2ccncc2s1.CC(C)c1nc2cnccc2s1.CC(C)c1nc2ncccc2s1. The van der Waals surface area contributed by atoms with Gasteiger partial charge in [0, 0.05) is 96.2 Å². The summed E-state index contributed by atoms with van der Waals surface area (Å²) in [7, 11) is 0. The Morgan fingerprint density at radius 2 is 0.673 bits per heavy atom. The Balaban J connectivity index is 0.000000132. The number of hydrogen-bond acceptors (Lipinski definition) is 18. The molecule has 0 saturated heterocycles. The minimum atomic E-state index is 0.0685. The fraction of sp³-hybridized carbons (Fsp3) is 0.330. The predicted molar refractivity (Wildman–Crippen MR) is 468 cm³/mol. The molecule has 0 spiro atoms. The van der Waals surface area contributed by atoms with Gasteiger partial charge in [-0.1, -0.05) is 187 Å². The monoisotopic (exact) mass is 1560 g/mol. The first-order valence-corrected chi connectivity index (χ1v) is 41.6. The number of fused-ring (bicyclic) bond motifs is 9. The number of H-pyrrole nitrogens is 2. The lowest BCUT2D eigenvalue weighted by molar-refractivity contribution is 0.554. The fourth-order valence-corrected chi connectivity index (χ4v) is 15.1. The molecule has 0 unspecified atom stereocenters. The number of hydrogen-bond donors (Lipinski definition) is 2. The molecule has 18 rings (SSSR count). The van der Waals surface area contributed by atoms with Crippen molar-refractivity contribution in [2.24, 2.45) is 0 Å². The van der Waals surface area contributed by atoms with Gasteiger partial charge in [-0.25, -0.2) is 49.8 Å². The summed E-state index contributed by atoms with van der Waals surface area (Å²) >= 11 is 8.81. The largest absolute Gasteiger partial charge is 0.342 e. The van der Waals surface area contributed by atoms with Gasteiger partial charge in [-0.2, -0.15) is 0 Å². The van der Waals surface area contributed by atoms with Crippen LogP contribution >= 0.6 is 56.7 Å². The van der Waals surface area contributed by atoms with Crippen LogP contribution in [0.2, 0.25) is 0 Å². The number of aromatic amines is 2. The molecule has 15 heterocycles. The van der Waals surface area contributed by atoms with Crippen LogP contribution in [-0.4, -0.2) is 83.6 Å². The first-order chi connectivity index (χ1) is 52.5.